The van der Waals surface area contributed by atoms with Crippen LogP contribution in [-0.4, -0.2) is 66.6 Å². The maximum Gasteiger partial charge on any atom is 0.241 e. The van der Waals surface area contributed by atoms with Crippen LogP contribution in [0.5, 0.6) is 28.7 Å². The molecule has 0 radical (unpaired) electrons. The average Bonchev–Trinajstić information content (AvgIpc) is 3.23. The zero-order valence-corrected chi connectivity index (χ0v) is 36.6. The van der Waals surface area contributed by atoms with Gasteiger partial charge < -0.3 is 37.9 Å². The molecule has 316 valence electrons. The van der Waals surface area contributed by atoms with Gasteiger partial charge in [-0.3, -0.25) is 9.59 Å². The van der Waals surface area contributed by atoms with E-state index in [2.05, 4.69) is 6.92 Å². The quantitative estimate of drug-likeness (QED) is 0.0579. The van der Waals surface area contributed by atoms with Gasteiger partial charge >= 0.3 is 0 Å². The molecule has 10 nitrogen and oxygen atoms in total. The number of ketones is 2. The molecule has 0 fully saturated rings. The van der Waals surface area contributed by atoms with Crippen molar-refractivity contribution in [1.29, 1.82) is 0 Å². The Hall–Kier alpha value is -5.07. The minimum absolute atomic E-state index is 0.115. The van der Waals surface area contributed by atoms with Crippen LogP contribution in [-0.2, 0) is 20.8 Å². The first-order chi connectivity index (χ1) is 28.3. The van der Waals surface area contributed by atoms with Gasteiger partial charge in [0.1, 0.15) is 29.8 Å². The second-order valence-corrected chi connectivity index (χ2v) is 14.2. The Labute approximate surface area is 355 Å². The fourth-order valence-electron chi connectivity index (χ4n) is 6.75. The number of unbranched alkanes of at least 4 members (excludes halogenated alkanes) is 1. The van der Waals surface area contributed by atoms with Crippen molar-refractivity contribution in [2.24, 2.45) is 5.92 Å². The molecule has 0 aliphatic heterocycles. The van der Waals surface area contributed by atoms with Gasteiger partial charge in [0.05, 0.1) is 68.9 Å². The Morgan fingerprint density at radius 1 is 0.729 bits per heavy atom. The summed E-state index contributed by atoms with van der Waals surface area (Å²) >= 11 is 12.9. The van der Waals surface area contributed by atoms with E-state index in [4.69, 9.17) is 61.1 Å². The standard InChI is InChI=1S/C24H22ClFO5.C22H29ClO5/c1-14-12-19(29-3)23(30-4)24(31-13-15-8-5-6-10-17(15)26)20(14)22(27)21-16(25)9-7-11-18(21)28-2;1-7-8-13-28-22(27-6)17(26-5)12-10-14(2)19(22)21(24)18-16(25-4)11-9-15(3)20(18)23/h5-12H,13H2,1-4H3;9-12,19H,7-8,13H2,1-6H3. The molecule has 2 unspecified atom stereocenters. The monoisotopic (exact) mass is 852 g/mol. The topological polar surface area (TPSA) is 108 Å². The van der Waals surface area contributed by atoms with Crippen molar-refractivity contribution >= 4 is 34.8 Å². The van der Waals surface area contributed by atoms with E-state index in [1.807, 2.05) is 26.0 Å². The van der Waals surface area contributed by atoms with Gasteiger partial charge in [0.2, 0.25) is 17.3 Å². The zero-order valence-electron chi connectivity index (χ0n) is 35.1. The van der Waals surface area contributed by atoms with Gasteiger partial charge in [-0.1, -0.05) is 78.5 Å². The lowest BCUT2D eigenvalue weighted by Crippen LogP contribution is -2.50. The van der Waals surface area contributed by atoms with Crippen molar-refractivity contribution in [3.05, 3.63) is 133 Å². The maximum atomic E-state index is 14.1. The Balaban J connectivity index is 0.000000262. The summed E-state index contributed by atoms with van der Waals surface area (Å²) in [7, 11) is 8.96. The molecule has 0 bridgehead atoms. The molecule has 5 rings (SSSR count). The molecule has 4 aromatic carbocycles. The highest BCUT2D eigenvalue weighted by Gasteiger charge is 2.52. The molecule has 0 spiro atoms. The average molecular weight is 854 g/mol. The number of hydrogen-bond acceptors (Lipinski definition) is 10. The van der Waals surface area contributed by atoms with Crippen LogP contribution in [0.3, 0.4) is 0 Å². The van der Waals surface area contributed by atoms with Crippen molar-refractivity contribution in [3.63, 3.8) is 0 Å². The molecule has 4 aromatic rings. The van der Waals surface area contributed by atoms with Gasteiger partial charge in [-0.15, -0.1) is 0 Å². The molecule has 0 aromatic heterocycles. The summed E-state index contributed by atoms with van der Waals surface area (Å²) in [6.07, 6.45) is 5.42. The summed E-state index contributed by atoms with van der Waals surface area (Å²) in [6.45, 7) is 7.86. The number of Topliss-reactive ketones (excluding diaryl/α,β-unsaturated/α-hetero) is 1. The number of ether oxygens (including phenoxy) is 8. The SMILES string of the molecule is CCCCOC1(OC)C(OC)=CC=C(C)C1C(=O)c1c(OC)ccc(C)c1Cl.COc1cc(C)c(C(=O)c2c(Cl)cccc2OC)c(OCc2ccccc2F)c1OC. The van der Waals surface area contributed by atoms with Crippen molar-refractivity contribution in [3.8, 4) is 28.7 Å². The zero-order chi connectivity index (χ0) is 43.4. The highest BCUT2D eigenvalue weighted by Crippen LogP contribution is 2.46. The number of halogens is 3. The molecular weight excluding hydrogens is 802 g/mol. The van der Waals surface area contributed by atoms with Crippen LogP contribution in [0.1, 0.15) is 69.7 Å². The van der Waals surface area contributed by atoms with Gasteiger partial charge in [-0.25, -0.2) is 4.39 Å². The van der Waals surface area contributed by atoms with Crippen LogP contribution in [0.2, 0.25) is 10.0 Å². The van der Waals surface area contributed by atoms with Crippen LogP contribution < -0.4 is 23.7 Å². The van der Waals surface area contributed by atoms with E-state index in [-0.39, 0.29) is 40.0 Å². The number of aryl methyl sites for hydroxylation is 2. The summed E-state index contributed by atoms with van der Waals surface area (Å²) in [5.41, 5.74) is 3.23. The Bertz CT molecular complexity index is 2200. The lowest BCUT2D eigenvalue weighted by atomic mass is 9.79. The summed E-state index contributed by atoms with van der Waals surface area (Å²) in [5.74, 6) is -1.27. The summed E-state index contributed by atoms with van der Waals surface area (Å²) in [5, 5.41) is 0.600. The number of carbonyl (C=O) groups is 2. The van der Waals surface area contributed by atoms with E-state index < -0.39 is 23.3 Å². The van der Waals surface area contributed by atoms with E-state index in [1.54, 1.807) is 68.6 Å². The second-order valence-electron chi connectivity index (χ2n) is 13.4. The molecule has 0 amide bonds. The molecule has 0 N–H and O–H groups in total. The molecule has 0 saturated heterocycles. The summed E-state index contributed by atoms with van der Waals surface area (Å²) in [4.78, 5) is 27.4. The van der Waals surface area contributed by atoms with Gasteiger partial charge in [0, 0.05) is 12.7 Å². The number of methoxy groups -OCH3 is 6. The third kappa shape index (κ3) is 9.87. The number of rotatable bonds is 17. The number of benzene rings is 4. The third-order valence-electron chi connectivity index (χ3n) is 9.84. The molecule has 0 heterocycles. The van der Waals surface area contributed by atoms with E-state index >= 15 is 0 Å². The lowest BCUT2D eigenvalue weighted by molar-refractivity contribution is -0.232. The minimum Gasteiger partial charge on any atom is -0.496 e. The Morgan fingerprint density at radius 2 is 1.41 bits per heavy atom. The number of allylic oxidation sites excluding steroid dienone is 2. The van der Waals surface area contributed by atoms with Crippen molar-refractivity contribution in [2.75, 3.05) is 49.3 Å². The highest BCUT2D eigenvalue weighted by atomic mass is 35.5. The van der Waals surface area contributed by atoms with E-state index in [0.29, 0.717) is 51.3 Å². The van der Waals surface area contributed by atoms with E-state index in [9.17, 15) is 14.0 Å². The minimum atomic E-state index is -1.36. The molecule has 1 aliphatic carbocycles. The van der Waals surface area contributed by atoms with Crippen molar-refractivity contribution in [1.82, 2.24) is 0 Å². The molecule has 13 heteroatoms. The lowest BCUT2D eigenvalue weighted by Gasteiger charge is -2.41. The summed E-state index contributed by atoms with van der Waals surface area (Å²) < 4.78 is 59.3. The molecule has 2 atom stereocenters. The fraction of sp³-hybridized carbons (Fsp3) is 0.348. The van der Waals surface area contributed by atoms with Gasteiger partial charge in [0.25, 0.3) is 0 Å². The largest absolute Gasteiger partial charge is 0.496 e. The molecule has 0 saturated carbocycles. The van der Waals surface area contributed by atoms with Crippen LogP contribution in [0.15, 0.2) is 84.1 Å². The van der Waals surface area contributed by atoms with Crippen LogP contribution in [0, 0.1) is 25.6 Å². The molecule has 1 aliphatic rings. The van der Waals surface area contributed by atoms with Crippen molar-refractivity contribution in [2.45, 2.75) is 52.9 Å². The third-order valence-corrected chi connectivity index (χ3v) is 10.6. The first kappa shape index (κ1) is 46.6. The predicted octanol–water partition coefficient (Wildman–Crippen LogP) is 10.7. The van der Waals surface area contributed by atoms with E-state index in [0.717, 1.165) is 24.0 Å². The van der Waals surface area contributed by atoms with Crippen LogP contribution >= 0.6 is 23.2 Å². The molecule has 59 heavy (non-hydrogen) atoms. The predicted molar refractivity (Wildman–Crippen MR) is 226 cm³/mol. The van der Waals surface area contributed by atoms with Crippen LogP contribution in [0.25, 0.3) is 0 Å². The van der Waals surface area contributed by atoms with Gasteiger partial charge in [-0.2, -0.15) is 0 Å². The summed E-state index contributed by atoms with van der Waals surface area (Å²) in [6, 6.07) is 16.4. The van der Waals surface area contributed by atoms with E-state index in [1.165, 1.54) is 41.6 Å². The highest BCUT2D eigenvalue weighted by molar-refractivity contribution is 6.36. The van der Waals surface area contributed by atoms with Crippen LogP contribution in [0.4, 0.5) is 4.39 Å². The van der Waals surface area contributed by atoms with Gasteiger partial charge in [-0.05, 0) is 74.7 Å². The number of carbonyl (C=O) groups excluding carboxylic acids is 2. The fourth-order valence-corrected chi connectivity index (χ4v) is 7.25. The Morgan fingerprint density at radius 3 is 2.02 bits per heavy atom. The first-order valence-corrected chi connectivity index (χ1v) is 19.5. The molecular formula is C46H51Cl2FO10. The Kier molecular flexibility index (Phi) is 16.8. The number of hydrogen-bond donors (Lipinski definition) is 0. The normalized spacial score (nSPS) is 15.8. The maximum absolute atomic E-state index is 14.1. The second kappa shape index (κ2) is 21.3. The first-order valence-electron chi connectivity index (χ1n) is 18.8. The van der Waals surface area contributed by atoms with Crippen molar-refractivity contribution < 1.29 is 51.9 Å². The van der Waals surface area contributed by atoms with Gasteiger partial charge in [0.15, 0.2) is 23.0 Å². The smallest absolute Gasteiger partial charge is 0.241 e.